The smallest absolute Gasteiger partial charge is 0.280 e. The highest BCUT2D eigenvalue weighted by atomic mass is 35.5. The summed E-state index contributed by atoms with van der Waals surface area (Å²) in [5.41, 5.74) is 2.86. The summed E-state index contributed by atoms with van der Waals surface area (Å²) in [6.45, 7) is 8.64. The molecule has 1 atom stereocenters. The first-order valence-electron chi connectivity index (χ1n) is 8.01. The Kier molecular flexibility index (Phi) is 5.44. The summed E-state index contributed by atoms with van der Waals surface area (Å²) in [6, 6.07) is 8.96. The van der Waals surface area contributed by atoms with Crippen LogP contribution in [0.15, 0.2) is 35.4 Å². The Balaban J connectivity index is 1.91. The third-order valence-corrected chi connectivity index (χ3v) is 4.11. The van der Waals surface area contributed by atoms with E-state index in [9.17, 15) is 9.18 Å². The van der Waals surface area contributed by atoms with Crippen molar-refractivity contribution < 1.29 is 18.7 Å². The lowest BCUT2D eigenvalue weighted by atomic mass is 10.1. The van der Waals surface area contributed by atoms with Gasteiger partial charge in [-0.1, -0.05) is 17.7 Å². The predicted molar refractivity (Wildman–Crippen MR) is 98.7 cm³/mol. The molecule has 0 aliphatic carbocycles. The zero-order chi connectivity index (χ0) is 20.3. The summed E-state index contributed by atoms with van der Waals surface area (Å²) >= 11 is 6.07. The number of nitriles is 1. The van der Waals surface area contributed by atoms with Crippen LogP contribution >= 0.6 is 11.6 Å². The highest BCUT2D eigenvalue weighted by Crippen LogP contribution is 2.36. The largest absolute Gasteiger partial charge is 0.466 e. The Hall–Kier alpha value is -3.62. The molecule has 3 rings (SSSR count). The number of halogens is 2. The maximum absolute atomic E-state index is 15.0. The van der Waals surface area contributed by atoms with Crippen LogP contribution in [0.4, 0.5) is 10.1 Å². The van der Waals surface area contributed by atoms with Gasteiger partial charge in [-0.05, 0) is 31.2 Å². The van der Waals surface area contributed by atoms with Crippen LogP contribution in [-0.4, -0.2) is 17.9 Å². The first-order valence-corrected chi connectivity index (χ1v) is 8.39. The lowest BCUT2D eigenvalue weighted by molar-refractivity contribution is -0.129. The fraction of sp³-hybridized carbons (Fsp3) is 0.158. The summed E-state index contributed by atoms with van der Waals surface area (Å²) in [5.74, 6) is -1.14. The summed E-state index contributed by atoms with van der Waals surface area (Å²) in [6.07, 6.45) is -0.769. The summed E-state index contributed by atoms with van der Waals surface area (Å²) in [5, 5.41) is 12.8. The SMILES string of the molecule is [C-]#[N+]c1cc(C#N)cc(Oc2c(Cl)ccc(CC3=NNC(=O)C(C)O3)c2F)c1. The first kappa shape index (κ1) is 19.2. The van der Waals surface area contributed by atoms with Crippen molar-refractivity contribution in [3.05, 3.63) is 63.7 Å². The molecule has 140 valence electrons. The van der Waals surface area contributed by atoms with Gasteiger partial charge in [0.05, 0.1) is 24.1 Å². The van der Waals surface area contributed by atoms with E-state index in [0.717, 1.165) is 0 Å². The summed E-state index contributed by atoms with van der Waals surface area (Å²) in [7, 11) is 0. The van der Waals surface area contributed by atoms with Crippen LogP contribution < -0.4 is 10.2 Å². The minimum absolute atomic E-state index is 0.0149. The monoisotopic (exact) mass is 398 g/mol. The van der Waals surface area contributed by atoms with Crippen molar-refractivity contribution in [3.63, 3.8) is 0 Å². The lowest BCUT2D eigenvalue weighted by Crippen LogP contribution is -2.39. The summed E-state index contributed by atoms with van der Waals surface area (Å²) < 4.78 is 25.9. The quantitative estimate of drug-likeness (QED) is 0.786. The number of nitrogens with zero attached hydrogens (tertiary/aromatic N) is 3. The number of ether oxygens (including phenoxy) is 2. The van der Waals surface area contributed by atoms with Crippen LogP contribution in [0.5, 0.6) is 11.5 Å². The average molecular weight is 399 g/mol. The molecule has 0 aromatic heterocycles. The van der Waals surface area contributed by atoms with Gasteiger partial charge in [0.1, 0.15) is 5.75 Å². The fourth-order valence-electron chi connectivity index (χ4n) is 2.43. The van der Waals surface area contributed by atoms with Crippen molar-refractivity contribution in [1.82, 2.24) is 5.43 Å². The second-order valence-corrected chi connectivity index (χ2v) is 6.22. The molecule has 1 amide bonds. The van der Waals surface area contributed by atoms with Crippen LogP contribution in [0.25, 0.3) is 4.85 Å². The summed E-state index contributed by atoms with van der Waals surface area (Å²) in [4.78, 5) is 14.6. The van der Waals surface area contributed by atoms with E-state index in [1.165, 1.54) is 30.3 Å². The highest BCUT2D eigenvalue weighted by Gasteiger charge is 2.24. The van der Waals surface area contributed by atoms with Crippen molar-refractivity contribution in [3.8, 4) is 17.6 Å². The first-order chi connectivity index (χ1) is 13.4. The normalized spacial score (nSPS) is 15.5. The zero-order valence-corrected chi connectivity index (χ0v) is 15.2. The van der Waals surface area contributed by atoms with E-state index in [1.54, 1.807) is 6.92 Å². The van der Waals surface area contributed by atoms with E-state index < -0.39 is 17.8 Å². The molecule has 1 aliphatic rings. The number of benzene rings is 2. The molecule has 0 bridgehead atoms. The number of carbonyl (C=O) groups excluding carboxylic acids is 1. The third-order valence-electron chi connectivity index (χ3n) is 3.81. The maximum atomic E-state index is 15.0. The topological polar surface area (TPSA) is 88.1 Å². The predicted octanol–water partition coefficient (Wildman–Crippen LogP) is 4.08. The van der Waals surface area contributed by atoms with E-state index in [0.29, 0.717) is 0 Å². The maximum Gasteiger partial charge on any atom is 0.280 e. The molecule has 2 aromatic carbocycles. The molecule has 1 N–H and O–H groups in total. The second kappa shape index (κ2) is 7.95. The minimum atomic E-state index is -0.741. The Morgan fingerprint density at radius 1 is 1.46 bits per heavy atom. The van der Waals surface area contributed by atoms with E-state index >= 15 is 0 Å². The molecule has 9 heteroatoms. The number of amides is 1. The van der Waals surface area contributed by atoms with Gasteiger partial charge in [0.25, 0.3) is 5.91 Å². The van der Waals surface area contributed by atoms with Crippen molar-refractivity contribution in [2.45, 2.75) is 19.4 Å². The van der Waals surface area contributed by atoms with Gasteiger partial charge in [-0.25, -0.2) is 14.7 Å². The molecule has 1 aliphatic heterocycles. The van der Waals surface area contributed by atoms with Crippen molar-refractivity contribution in [1.29, 1.82) is 5.26 Å². The minimum Gasteiger partial charge on any atom is -0.466 e. The molecule has 0 saturated carbocycles. The van der Waals surface area contributed by atoms with Gasteiger partial charge in [-0.15, -0.1) is 5.10 Å². The number of hydrazone groups is 1. The molecular formula is C19H12ClFN4O3. The molecule has 0 fully saturated rings. The van der Waals surface area contributed by atoms with E-state index in [2.05, 4.69) is 15.4 Å². The van der Waals surface area contributed by atoms with Gasteiger partial charge in [0.15, 0.2) is 23.4 Å². The number of rotatable bonds is 4. The molecular weight excluding hydrogens is 387 g/mol. The standard InChI is InChI=1S/C19H12ClFN4O3/c1-10-19(26)25-24-16(27-10)7-12-3-4-15(20)18(17(12)21)28-14-6-11(9-22)5-13(8-14)23-2/h3-6,8,10H,7H2,1H3,(H,25,26). The van der Waals surface area contributed by atoms with Crippen molar-refractivity contribution >= 4 is 29.1 Å². The highest BCUT2D eigenvalue weighted by molar-refractivity contribution is 6.32. The van der Waals surface area contributed by atoms with Gasteiger partial charge in [-0.2, -0.15) is 5.26 Å². The van der Waals surface area contributed by atoms with Crippen LogP contribution in [0.1, 0.15) is 18.1 Å². The molecule has 2 aromatic rings. The van der Waals surface area contributed by atoms with Crippen LogP contribution in [0, 0.1) is 23.7 Å². The van der Waals surface area contributed by atoms with E-state index in [1.807, 2.05) is 6.07 Å². The number of hydrogen-bond acceptors (Lipinski definition) is 5. The Labute approximate surface area is 164 Å². The molecule has 28 heavy (non-hydrogen) atoms. The zero-order valence-electron chi connectivity index (χ0n) is 14.5. The second-order valence-electron chi connectivity index (χ2n) is 5.81. The van der Waals surface area contributed by atoms with Gasteiger partial charge < -0.3 is 9.47 Å². The Morgan fingerprint density at radius 2 is 2.25 bits per heavy atom. The molecule has 0 saturated heterocycles. The van der Waals surface area contributed by atoms with E-state index in [-0.39, 0.29) is 45.7 Å². The molecule has 0 spiro atoms. The molecule has 1 unspecified atom stereocenters. The van der Waals surface area contributed by atoms with Crippen molar-refractivity contribution in [2.75, 3.05) is 0 Å². The van der Waals surface area contributed by atoms with Crippen LogP contribution in [0.2, 0.25) is 5.02 Å². The van der Waals surface area contributed by atoms with Crippen molar-refractivity contribution in [2.24, 2.45) is 5.10 Å². The molecule has 0 radical (unpaired) electrons. The Morgan fingerprint density at radius 3 is 2.93 bits per heavy atom. The number of carbonyl (C=O) groups is 1. The van der Waals surface area contributed by atoms with Gasteiger partial charge in [0, 0.05) is 11.1 Å². The van der Waals surface area contributed by atoms with E-state index in [4.69, 9.17) is 32.9 Å². The Bertz CT molecular complexity index is 1040. The van der Waals surface area contributed by atoms with Gasteiger partial charge in [0.2, 0.25) is 5.90 Å². The third kappa shape index (κ3) is 4.03. The number of nitrogens with one attached hydrogen (secondary N) is 1. The fourth-order valence-corrected chi connectivity index (χ4v) is 2.61. The van der Waals surface area contributed by atoms with Crippen LogP contribution in [-0.2, 0) is 16.0 Å². The molecule has 1 heterocycles. The van der Waals surface area contributed by atoms with Gasteiger partial charge >= 0.3 is 0 Å². The lowest BCUT2D eigenvalue weighted by Gasteiger charge is -2.20. The molecule has 7 nitrogen and oxygen atoms in total. The number of hydrogen-bond donors (Lipinski definition) is 1. The van der Waals surface area contributed by atoms with Gasteiger partial charge in [-0.3, -0.25) is 4.79 Å². The average Bonchev–Trinajstić information content (AvgIpc) is 2.69. The van der Waals surface area contributed by atoms with Crippen LogP contribution in [0.3, 0.4) is 0 Å².